The summed E-state index contributed by atoms with van der Waals surface area (Å²) in [6, 6.07) is 10.1. The fourth-order valence-corrected chi connectivity index (χ4v) is 1.99. The summed E-state index contributed by atoms with van der Waals surface area (Å²) in [5.41, 5.74) is 12.0. The van der Waals surface area contributed by atoms with Crippen LogP contribution in [0.3, 0.4) is 0 Å². The highest BCUT2D eigenvalue weighted by Crippen LogP contribution is 2.30. The number of anilines is 3. The average molecular weight is 261 g/mol. The van der Waals surface area contributed by atoms with Gasteiger partial charge in [-0.05, 0) is 55.7 Å². The third-order valence-electron chi connectivity index (χ3n) is 2.99. The van der Waals surface area contributed by atoms with Crippen LogP contribution in [0.25, 0.3) is 0 Å². The lowest BCUT2D eigenvalue weighted by atomic mass is 10.1. The number of nitrogens with two attached hydrogens (primary N) is 1. The summed E-state index contributed by atoms with van der Waals surface area (Å²) in [5.74, 6) is 0. The largest absolute Gasteiger partial charge is 0.397 e. The number of nitrogen functional groups attached to an aromatic ring is 1. The molecule has 18 heavy (non-hydrogen) atoms. The summed E-state index contributed by atoms with van der Waals surface area (Å²) in [4.78, 5) is 0. The van der Waals surface area contributed by atoms with E-state index in [4.69, 9.17) is 17.3 Å². The van der Waals surface area contributed by atoms with Gasteiger partial charge in [0.25, 0.3) is 0 Å². The van der Waals surface area contributed by atoms with Crippen LogP contribution in [0.1, 0.15) is 16.7 Å². The number of aryl methyl sites for hydroxylation is 3. The van der Waals surface area contributed by atoms with E-state index >= 15 is 0 Å². The van der Waals surface area contributed by atoms with Gasteiger partial charge >= 0.3 is 0 Å². The Balaban J connectivity index is 2.40. The normalized spacial score (nSPS) is 10.4. The van der Waals surface area contributed by atoms with Crippen molar-refractivity contribution in [3.63, 3.8) is 0 Å². The van der Waals surface area contributed by atoms with Gasteiger partial charge in [0.1, 0.15) is 0 Å². The van der Waals surface area contributed by atoms with E-state index in [1.165, 1.54) is 11.1 Å². The van der Waals surface area contributed by atoms with E-state index in [0.29, 0.717) is 10.7 Å². The zero-order chi connectivity index (χ0) is 13.3. The first-order valence-corrected chi connectivity index (χ1v) is 6.25. The Morgan fingerprint density at radius 3 is 2.39 bits per heavy atom. The lowest BCUT2D eigenvalue weighted by molar-refractivity contribution is 1.37. The number of rotatable bonds is 2. The van der Waals surface area contributed by atoms with Gasteiger partial charge in [0.15, 0.2) is 0 Å². The number of halogens is 1. The monoisotopic (exact) mass is 260 g/mol. The molecule has 0 spiro atoms. The minimum Gasteiger partial charge on any atom is -0.397 e. The topological polar surface area (TPSA) is 38.0 Å². The molecule has 2 aromatic carbocycles. The van der Waals surface area contributed by atoms with Crippen LogP contribution in [-0.2, 0) is 0 Å². The summed E-state index contributed by atoms with van der Waals surface area (Å²) in [7, 11) is 0. The second-order valence-electron chi connectivity index (χ2n) is 4.63. The predicted molar refractivity (Wildman–Crippen MR) is 79.8 cm³/mol. The predicted octanol–water partition coefficient (Wildman–Crippen LogP) is 4.59. The van der Waals surface area contributed by atoms with Gasteiger partial charge in [0, 0.05) is 10.7 Å². The molecule has 0 saturated heterocycles. The average Bonchev–Trinajstić information content (AvgIpc) is 2.30. The van der Waals surface area contributed by atoms with Crippen molar-refractivity contribution in [3.05, 3.63) is 52.0 Å². The molecule has 0 heterocycles. The van der Waals surface area contributed by atoms with Crippen LogP contribution in [0.15, 0.2) is 30.3 Å². The van der Waals surface area contributed by atoms with E-state index in [-0.39, 0.29) is 0 Å². The maximum absolute atomic E-state index is 6.04. The summed E-state index contributed by atoms with van der Waals surface area (Å²) in [5, 5.41) is 4.06. The Morgan fingerprint density at radius 2 is 1.67 bits per heavy atom. The second kappa shape index (κ2) is 4.91. The summed E-state index contributed by atoms with van der Waals surface area (Å²) >= 11 is 6.04. The van der Waals surface area contributed by atoms with Crippen LogP contribution in [0, 0.1) is 20.8 Å². The zero-order valence-corrected chi connectivity index (χ0v) is 11.6. The molecule has 0 radical (unpaired) electrons. The van der Waals surface area contributed by atoms with Gasteiger partial charge in [-0.1, -0.05) is 23.7 Å². The zero-order valence-electron chi connectivity index (χ0n) is 10.8. The maximum Gasteiger partial charge on any atom is 0.0621 e. The molecule has 2 aromatic rings. The second-order valence-corrected chi connectivity index (χ2v) is 5.04. The SMILES string of the molecule is Cc1ccc(C)c(Nc2cc(C)c(Cl)cc2N)c1. The van der Waals surface area contributed by atoms with Crippen LogP contribution in [-0.4, -0.2) is 0 Å². The Bertz CT molecular complexity index is 591. The Labute approximate surface area is 113 Å². The van der Waals surface area contributed by atoms with Crippen molar-refractivity contribution in [1.29, 1.82) is 0 Å². The van der Waals surface area contributed by atoms with E-state index < -0.39 is 0 Å². The summed E-state index contributed by atoms with van der Waals surface area (Å²) < 4.78 is 0. The van der Waals surface area contributed by atoms with Crippen molar-refractivity contribution >= 4 is 28.7 Å². The van der Waals surface area contributed by atoms with Gasteiger partial charge in [-0.2, -0.15) is 0 Å². The Kier molecular flexibility index (Phi) is 3.48. The number of hydrogen-bond donors (Lipinski definition) is 2. The summed E-state index contributed by atoms with van der Waals surface area (Å²) in [6.45, 7) is 6.11. The van der Waals surface area contributed by atoms with Gasteiger partial charge in [-0.25, -0.2) is 0 Å². The van der Waals surface area contributed by atoms with E-state index in [1.54, 1.807) is 6.07 Å². The molecule has 2 nitrogen and oxygen atoms in total. The van der Waals surface area contributed by atoms with E-state index in [2.05, 4.69) is 37.4 Å². The molecule has 2 rings (SSSR count). The number of hydrogen-bond acceptors (Lipinski definition) is 2. The van der Waals surface area contributed by atoms with Gasteiger partial charge in [-0.3, -0.25) is 0 Å². The minimum absolute atomic E-state index is 0.659. The van der Waals surface area contributed by atoms with Crippen LogP contribution < -0.4 is 11.1 Å². The number of benzene rings is 2. The van der Waals surface area contributed by atoms with Crippen LogP contribution in [0.5, 0.6) is 0 Å². The van der Waals surface area contributed by atoms with Gasteiger partial charge in [0.2, 0.25) is 0 Å². The molecule has 3 heteroatoms. The highest BCUT2D eigenvalue weighted by Gasteiger charge is 2.05. The van der Waals surface area contributed by atoms with E-state index in [0.717, 1.165) is 16.9 Å². The van der Waals surface area contributed by atoms with Crippen LogP contribution in [0.4, 0.5) is 17.1 Å². The third-order valence-corrected chi connectivity index (χ3v) is 3.40. The molecular formula is C15H17ClN2. The molecule has 0 aliphatic heterocycles. The van der Waals surface area contributed by atoms with Crippen molar-refractivity contribution in [3.8, 4) is 0 Å². The molecule has 0 fully saturated rings. The number of nitrogens with one attached hydrogen (secondary N) is 1. The van der Waals surface area contributed by atoms with Gasteiger partial charge in [0.05, 0.1) is 11.4 Å². The van der Waals surface area contributed by atoms with Crippen molar-refractivity contribution in [2.75, 3.05) is 11.1 Å². The maximum atomic E-state index is 6.04. The van der Waals surface area contributed by atoms with Crippen molar-refractivity contribution in [2.45, 2.75) is 20.8 Å². The highest BCUT2D eigenvalue weighted by atomic mass is 35.5. The van der Waals surface area contributed by atoms with Crippen LogP contribution >= 0.6 is 11.6 Å². The smallest absolute Gasteiger partial charge is 0.0621 e. The van der Waals surface area contributed by atoms with E-state index in [1.807, 2.05) is 13.0 Å². The molecule has 0 bridgehead atoms. The molecule has 0 saturated carbocycles. The fourth-order valence-electron chi connectivity index (χ4n) is 1.82. The molecule has 94 valence electrons. The standard InChI is InChI=1S/C15H17ClN2/c1-9-4-5-10(2)14(6-9)18-15-7-11(3)12(16)8-13(15)17/h4-8,18H,17H2,1-3H3. The first-order chi connectivity index (χ1) is 8.47. The molecule has 0 aromatic heterocycles. The van der Waals surface area contributed by atoms with Gasteiger partial charge in [-0.15, -0.1) is 0 Å². The first-order valence-electron chi connectivity index (χ1n) is 5.87. The molecule has 0 unspecified atom stereocenters. The molecule has 0 amide bonds. The van der Waals surface area contributed by atoms with Gasteiger partial charge < -0.3 is 11.1 Å². The molecule has 0 aliphatic carbocycles. The molecule has 3 N–H and O–H groups in total. The first kappa shape index (κ1) is 12.8. The fraction of sp³-hybridized carbons (Fsp3) is 0.200. The van der Waals surface area contributed by atoms with Crippen molar-refractivity contribution in [2.24, 2.45) is 0 Å². The quantitative estimate of drug-likeness (QED) is 0.775. The van der Waals surface area contributed by atoms with Crippen molar-refractivity contribution < 1.29 is 0 Å². The van der Waals surface area contributed by atoms with Crippen molar-refractivity contribution in [1.82, 2.24) is 0 Å². The van der Waals surface area contributed by atoms with Crippen LogP contribution in [0.2, 0.25) is 5.02 Å². The molecule has 0 aliphatic rings. The molecule has 0 atom stereocenters. The molecular weight excluding hydrogens is 244 g/mol. The summed E-state index contributed by atoms with van der Waals surface area (Å²) in [6.07, 6.45) is 0. The Hall–Kier alpha value is -1.67. The van der Waals surface area contributed by atoms with E-state index in [9.17, 15) is 0 Å². The lowest BCUT2D eigenvalue weighted by Gasteiger charge is -2.14. The highest BCUT2D eigenvalue weighted by molar-refractivity contribution is 6.31. The third kappa shape index (κ3) is 2.59. The Morgan fingerprint density at radius 1 is 0.944 bits per heavy atom. The minimum atomic E-state index is 0.659. The lowest BCUT2D eigenvalue weighted by Crippen LogP contribution is -1.99.